The molecular weight excluding hydrogens is 302 g/mol. The van der Waals surface area contributed by atoms with Crippen molar-refractivity contribution in [3.05, 3.63) is 48.0 Å². The normalized spacial score (nSPS) is 21.8. The summed E-state index contributed by atoms with van der Waals surface area (Å²) in [6, 6.07) is 13.3. The maximum Gasteiger partial charge on any atom is 0.315 e. The minimum atomic E-state index is -0.470. The Balaban J connectivity index is 1.65. The zero-order valence-electron chi connectivity index (χ0n) is 14.0. The van der Waals surface area contributed by atoms with Crippen LogP contribution < -0.4 is 16.0 Å². The van der Waals surface area contributed by atoms with Crippen molar-refractivity contribution in [1.82, 2.24) is 16.0 Å². The van der Waals surface area contributed by atoms with Gasteiger partial charge < -0.3 is 16.0 Å². The zero-order chi connectivity index (χ0) is 17.1. The van der Waals surface area contributed by atoms with Crippen LogP contribution in [0.1, 0.15) is 31.9 Å². The van der Waals surface area contributed by atoms with Crippen LogP contribution in [0.5, 0.6) is 0 Å². The number of benzene rings is 2. The maximum absolute atomic E-state index is 12.2. The van der Waals surface area contributed by atoms with Crippen molar-refractivity contribution >= 4 is 22.7 Å². The van der Waals surface area contributed by atoms with Gasteiger partial charge in [-0.05, 0) is 41.7 Å². The van der Waals surface area contributed by atoms with Gasteiger partial charge in [0.1, 0.15) is 6.04 Å². The van der Waals surface area contributed by atoms with E-state index in [0.29, 0.717) is 6.54 Å². The summed E-state index contributed by atoms with van der Waals surface area (Å²) in [5, 5.41) is 10.8. The van der Waals surface area contributed by atoms with E-state index in [1.165, 1.54) is 5.39 Å². The molecule has 0 aliphatic carbocycles. The first-order valence-corrected chi connectivity index (χ1v) is 8.38. The number of hydrogen-bond donors (Lipinski definition) is 3. The minimum absolute atomic E-state index is 0.109. The molecule has 0 radical (unpaired) electrons. The lowest BCUT2D eigenvalue weighted by Gasteiger charge is -2.29. The number of urea groups is 1. The third kappa shape index (κ3) is 3.50. The average molecular weight is 325 g/mol. The van der Waals surface area contributed by atoms with Gasteiger partial charge in [0, 0.05) is 6.54 Å². The monoisotopic (exact) mass is 325 g/mol. The van der Waals surface area contributed by atoms with Crippen LogP contribution in [0.2, 0.25) is 0 Å². The predicted molar refractivity (Wildman–Crippen MR) is 94.6 cm³/mol. The molecule has 5 heteroatoms. The van der Waals surface area contributed by atoms with E-state index in [1.807, 2.05) is 32.0 Å². The van der Waals surface area contributed by atoms with E-state index < -0.39 is 6.04 Å². The van der Waals surface area contributed by atoms with Crippen molar-refractivity contribution in [2.75, 3.05) is 6.54 Å². The molecule has 3 unspecified atom stereocenters. The van der Waals surface area contributed by atoms with E-state index in [2.05, 4.69) is 40.2 Å². The predicted octanol–water partition coefficient (Wildman–Crippen LogP) is 2.72. The minimum Gasteiger partial charge on any atom is -0.354 e. The van der Waals surface area contributed by atoms with E-state index in [1.54, 1.807) is 0 Å². The van der Waals surface area contributed by atoms with Crippen LogP contribution in [0.15, 0.2) is 42.5 Å². The lowest BCUT2D eigenvalue weighted by atomic mass is 9.94. The van der Waals surface area contributed by atoms with Gasteiger partial charge in [0.05, 0.1) is 6.04 Å². The molecule has 3 amide bonds. The van der Waals surface area contributed by atoms with Gasteiger partial charge in [0.2, 0.25) is 5.91 Å². The molecule has 0 aromatic heterocycles. The van der Waals surface area contributed by atoms with Gasteiger partial charge >= 0.3 is 6.03 Å². The van der Waals surface area contributed by atoms with E-state index >= 15 is 0 Å². The Hall–Kier alpha value is -2.56. The summed E-state index contributed by atoms with van der Waals surface area (Å²) in [6.45, 7) is 4.60. The third-order valence-electron chi connectivity index (χ3n) is 4.66. The summed E-state index contributed by atoms with van der Waals surface area (Å²) < 4.78 is 0. The molecule has 3 rings (SSSR count). The molecule has 2 aromatic carbocycles. The number of fused-ring (bicyclic) bond motifs is 1. The lowest BCUT2D eigenvalue weighted by Crippen LogP contribution is -2.56. The summed E-state index contributed by atoms with van der Waals surface area (Å²) in [5.41, 5.74) is 1.03. The molecule has 24 heavy (non-hydrogen) atoms. The van der Waals surface area contributed by atoms with Crippen molar-refractivity contribution in [3.8, 4) is 0 Å². The zero-order valence-corrected chi connectivity index (χ0v) is 14.0. The summed E-state index contributed by atoms with van der Waals surface area (Å²) in [5.74, 6) is 0.0303. The van der Waals surface area contributed by atoms with Gasteiger partial charge in [-0.1, -0.05) is 43.3 Å². The highest BCUT2D eigenvalue weighted by Gasteiger charge is 2.30. The Bertz CT molecular complexity index is 759. The molecule has 1 fully saturated rings. The molecule has 1 saturated heterocycles. The number of amides is 3. The van der Waals surface area contributed by atoms with Gasteiger partial charge in [-0.15, -0.1) is 0 Å². The van der Waals surface area contributed by atoms with Crippen LogP contribution in [0.3, 0.4) is 0 Å². The Kier molecular flexibility index (Phi) is 4.69. The standard InChI is InChI=1S/C19H23N3O2/c1-12-9-10-20-18(23)17(12)22-19(24)21-13(2)15-8-7-14-5-3-4-6-16(14)11-15/h3-8,11-13,17H,9-10H2,1-2H3,(H,20,23)(H2,21,22,24). The number of nitrogens with one attached hydrogen (secondary N) is 3. The summed E-state index contributed by atoms with van der Waals surface area (Å²) in [7, 11) is 0. The summed E-state index contributed by atoms with van der Waals surface area (Å²) in [6.07, 6.45) is 0.872. The van der Waals surface area contributed by atoms with Crippen LogP contribution in [0, 0.1) is 5.92 Å². The van der Waals surface area contributed by atoms with Crippen LogP contribution in [0.25, 0.3) is 10.8 Å². The topological polar surface area (TPSA) is 70.2 Å². The number of rotatable bonds is 3. The van der Waals surface area contributed by atoms with Crippen LogP contribution in [0.4, 0.5) is 4.79 Å². The molecular formula is C19H23N3O2. The van der Waals surface area contributed by atoms with Crippen LogP contribution >= 0.6 is 0 Å². The molecule has 126 valence electrons. The van der Waals surface area contributed by atoms with E-state index in [4.69, 9.17) is 0 Å². The molecule has 2 aromatic rings. The molecule has 1 aliphatic rings. The lowest BCUT2D eigenvalue weighted by molar-refractivity contribution is -0.125. The first kappa shape index (κ1) is 16.3. The highest BCUT2D eigenvalue weighted by molar-refractivity contribution is 5.88. The van der Waals surface area contributed by atoms with E-state index in [0.717, 1.165) is 17.4 Å². The highest BCUT2D eigenvalue weighted by Crippen LogP contribution is 2.20. The van der Waals surface area contributed by atoms with Crippen molar-refractivity contribution in [1.29, 1.82) is 0 Å². The van der Waals surface area contributed by atoms with Crippen molar-refractivity contribution in [3.63, 3.8) is 0 Å². The second-order valence-electron chi connectivity index (χ2n) is 6.48. The van der Waals surface area contributed by atoms with Gasteiger partial charge in [0.15, 0.2) is 0 Å². The molecule has 0 spiro atoms. The molecule has 0 saturated carbocycles. The SMILES string of the molecule is CC(NC(=O)NC1C(=O)NCCC1C)c1ccc2ccccc2c1. The van der Waals surface area contributed by atoms with Crippen LogP contribution in [-0.4, -0.2) is 24.5 Å². The number of piperidine rings is 1. The Morgan fingerprint density at radius 3 is 2.71 bits per heavy atom. The molecule has 3 atom stereocenters. The first-order valence-electron chi connectivity index (χ1n) is 8.38. The van der Waals surface area contributed by atoms with E-state index in [9.17, 15) is 9.59 Å². The fourth-order valence-electron chi connectivity index (χ4n) is 3.11. The van der Waals surface area contributed by atoms with E-state index in [-0.39, 0.29) is 23.9 Å². The third-order valence-corrected chi connectivity index (χ3v) is 4.66. The first-order chi connectivity index (χ1) is 11.5. The van der Waals surface area contributed by atoms with Crippen LogP contribution in [-0.2, 0) is 4.79 Å². The second kappa shape index (κ2) is 6.91. The second-order valence-corrected chi connectivity index (χ2v) is 6.48. The fraction of sp³-hybridized carbons (Fsp3) is 0.368. The smallest absolute Gasteiger partial charge is 0.315 e. The Labute approximate surface area is 141 Å². The van der Waals surface area contributed by atoms with Crippen molar-refractivity contribution < 1.29 is 9.59 Å². The Morgan fingerprint density at radius 1 is 1.21 bits per heavy atom. The molecule has 1 aliphatic heterocycles. The molecule has 5 nitrogen and oxygen atoms in total. The fourth-order valence-corrected chi connectivity index (χ4v) is 3.11. The van der Waals surface area contributed by atoms with Gasteiger partial charge in [-0.2, -0.15) is 0 Å². The number of carbonyl (C=O) groups excluding carboxylic acids is 2. The molecule has 0 bridgehead atoms. The van der Waals surface area contributed by atoms with Gasteiger partial charge in [-0.3, -0.25) is 4.79 Å². The summed E-state index contributed by atoms with van der Waals surface area (Å²) in [4.78, 5) is 24.1. The maximum atomic E-state index is 12.2. The molecule has 1 heterocycles. The number of carbonyl (C=O) groups is 2. The van der Waals surface area contributed by atoms with Gasteiger partial charge in [0.25, 0.3) is 0 Å². The Morgan fingerprint density at radius 2 is 1.96 bits per heavy atom. The highest BCUT2D eigenvalue weighted by atomic mass is 16.2. The largest absolute Gasteiger partial charge is 0.354 e. The average Bonchev–Trinajstić information content (AvgIpc) is 2.58. The number of hydrogen-bond acceptors (Lipinski definition) is 2. The quantitative estimate of drug-likeness (QED) is 0.812. The van der Waals surface area contributed by atoms with Crippen molar-refractivity contribution in [2.45, 2.75) is 32.4 Å². The van der Waals surface area contributed by atoms with Gasteiger partial charge in [-0.25, -0.2) is 4.79 Å². The summed E-state index contributed by atoms with van der Waals surface area (Å²) >= 11 is 0. The molecule has 3 N–H and O–H groups in total. The van der Waals surface area contributed by atoms with Crippen molar-refractivity contribution in [2.24, 2.45) is 5.92 Å².